The zero-order chi connectivity index (χ0) is 18.9. The lowest BCUT2D eigenvalue weighted by molar-refractivity contribution is -0.124. The molecule has 1 heterocycles. The lowest BCUT2D eigenvalue weighted by atomic mass is 10.2. The number of carbonyl (C=O) groups excluding carboxylic acids is 2. The van der Waals surface area contributed by atoms with Crippen LogP contribution in [0.15, 0.2) is 23.4 Å². The van der Waals surface area contributed by atoms with Crippen molar-refractivity contribution in [3.8, 4) is 5.75 Å². The molecule has 10 heteroatoms. The summed E-state index contributed by atoms with van der Waals surface area (Å²) in [7, 11) is 0. The van der Waals surface area contributed by atoms with Gasteiger partial charge >= 0.3 is 0 Å². The summed E-state index contributed by atoms with van der Waals surface area (Å²) in [5.41, 5.74) is 0.927. The number of benzene rings is 1. The van der Waals surface area contributed by atoms with Crippen LogP contribution in [-0.2, 0) is 16.2 Å². The van der Waals surface area contributed by atoms with Gasteiger partial charge in [-0.1, -0.05) is 23.4 Å². The summed E-state index contributed by atoms with van der Waals surface area (Å²) in [4.78, 5) is 27.2. The third-order valence-corrected chi connectivity index (χ3v) is 4.44. The molecule has 0 radical (unpaired) electrons. The molecule has 0 spiro atoms. The van der Waals surface area contributed by atoms with Crippen molar-refractivity contribution < 1.29 is 14.3 Å². The quantitative estimate of drug-likeness (QED) is 0.555. The van der Waals surface area contributed by atoms with Crippen LogP contribution in [0.5, 0.6) is 5.75 Å². The van der Waals surface area contributed by atoms with E-state index in [1.54, 1.807) is 12.1 Å². The molecule has 26 heavy (non-hydrogen) atoms. The molecule has 0 aliphatic rings. The Kier molecular flexibility index (Phi) is 7.73. The van der Waals surface area contributed by atoms with Crippen LogP contribution in [0.1, 0.15) is 18.3 Å². The number of thioether (sulfide) groups is 1. The fourth-order valence-electron chi connectivity index (χ4n) is 1.89. The van der Waals surface area contributed by atoms with Gasteiger partial charge in [0.15, 0.2) is 5.82 Å². The van der Waals surface area contributed by atoms with Crippen molar-refractivity contribution in [3.63, 3.8) is 0 Å². The van der Waals surface area contributed by atoms with Crippen LogP contribution in [0.3, 0.4) is 0 Å². The third-order valence-electron chi connectivity index (χ3n) is 3.17. The van der Waals surface area contributed by atoms with E-state index < -0.39 is 0 Å². The van der Waals surface area contributed by atoms with Crippen LogP contribution in [0.4, 0.5) is 0 Å². The van der Waals surface area contributed by atoms with E-state index >= 15 is 0 Å². The Morgan fingerprint density at radius 2 is 2.12 bits per heavy atom. The summed E-state index contributed by atoms with van der Waals surface area (Å²) < 4.78 is 5.63. The first-order valence-electron chi connectivity index (χ1n) is 7.94. The van der Waals surface area contributed by atoms with Gasteiger partial charge in [-0.25, -0.2) is 4.98 Å². The topological polar surface area (TPSA) is 109 Å². The van der Waals surface area contributed by atoms with Crippen LogP contribution < -0.4 is 15.4 Å². The van der Waals surface area contributed by atoms with E-state index in [9.17, 15) is 9.59 Å². The van der Waals surface area contributed by atoms with Crippen LogP contribution in [0.25, 0.3) is 0 Å². The second kappa shape index (κ2) is 10.0. The summed E-state index contributed by atoms with van der Waals surface area (Å²) >= 11 is 7.15. The Hall–Kier alpha value is -2.26. The van der Waals surface area contributed by atoms with Gasteiger partial charge in [0.2, 0.25) is 17.0 Å². The minimum absolute atomic E-state index is 0.0408. The van der Waals surface area contributed by atoms with E-state index in [1.807, 2.05) is 19.9 Å². The molecule has 2 rings (SSSR count). The first-order chi connectivity index (χ1) is 12.5. The third kappa shape index (κ3) is 6.57. The van der Waals surface area contributed by atoms with Crippen molar-refractivity contribution in [2.24, 2.45) is 0 Å². The number of hydrogen-bond donors (Lipinski definition) is 3. The maximum absolute atomic E-state index is 11.7. The molecular weight excluding hydrogens is 378 g/mol. The molecule has 0 saturated carbocycles. The first-order valence-corrected chi connectivity index (χ1v) is 9.30. The number of rotatable bonds is 9. The average molecular weight is 398 g/mol. The fourth-order valence-corrected chi connectivity index (χ4v) is 2.65. The number of nitrogens with zero attached hydrogens (tertiary/aromatic N) is 2. The van der Waals surface area contributed by atoms with E-state index in [2.05, 4.69) is 25.8 Å². The van der Waals surface area contributed by atoms with Crippen molar-refractivity contribution >= 4 is 35.2 Å². The van der Waals surface area contributed by atoms with Gasteiger partial charge in [-0.3, -0.25) is 14.7 Å². The summed E-state index contributed by atoms with van der Waals surface area (Å²) in [6.45, 7) is 4.42. The van der Waals surface area contributed by atoms with Gasteiger partial charge in [0, 0.05) is 11.6 Å². The highest BCUT2D eigenvalue weighted by atomic mass is 35.5. The zero-order valence-electron chi connectivity index (χ0n) is 14.5. The molecule has 0 unspecified atom stereocenters. The zero-order valence-corrected chi connectivity index (χ0v) is 16.0. The highest BCUT2D eigenvalue weighted by Gasteiger charge is 2.09. The second-order valence-corrected chi connectivity index (χ2v) is 6.63. The van der Waals surface area contributed by atoms with Crippen molar-refractivity contribution in [2.75, 3.05) is 18.8 Å². The second-order valence-electron chi connectivity index (χ2n) is 5.28. The number of nitrogens with one attached hydrogen (secondary N) is 3. The number of ether oxygens (including phenoxy) is 1. The normalized spacial score (nSPS) is 10.4. The Bertz CT molecular complexity index is 768. The van der Waals surface area contributed by atoms with E-state index in [-0.39, 0.29) is 30.7 Å². The Morgan fingerprint density at radius 3 is 2.85 bits per heavy atom. The predicted octanol–water partition coefficient (Wildman–Crippen LogP) is 1.69. The lowest BCUT2D eigenvalue weighted by Gasteiger charge is -2.05. The van der Waals surface area contributed by atoms with Gasteiger partial charge in [0.25, 0.3) is 0 Å². The molecule has 2 aromatic rings. The monoisotopic (exact) mass is 397 g/mol. The fraction of sp³-hybridized carbons (Fsp3) is 0.375. The molecule has 2 amide bonds. The number of hydrogen-bond acceptors (Lipinski definition) is 6. The molecular formula is C16H20ClN5O3S. The maximum Gasteiger partial charge on any atom is 0.239 e. The smallest absolute Gasteiger partial charge is 0.239 e. The van der Waals surface area contributed by atoms with Gasteiger partial charge < -0.3 is 15.4 Å². The van der Waals surface area contributed by atoms with Crippen molar-refractivity contribution in [1.82, 2.24) is 25.8 Å². The van der Waals surface area contributed by atoms with Gasteiger partial charge in [0.05, 0.1) is 12.3 Å². The van der Waals surface area contributed by atoms with E-state index in [0.29, 0.717) is 28.3 Å². The van der Waals surface area contributed by atoms with Gasteiger partial charge in [-0.2, -0.15) is 0 Å². The van der Waals surface area contributed by atoms with Gasteiger partial charge in [-0.05, 0) is 37.6 Å². The first kappa shape index (κ1) is 20.1. The predicted molar refractivity (Wildman–Crippen MR) is 99.3 cm³/mol. The Morgan fingerprint density at radius 1 is 1.31 bits per heavy atom. The number of aromatic nitrogens is 3. The molecule has 0 atom stereocenters. The van der Waals surface area contributed by atoms with Crippen LogP contribution in [0.2, 0.25) is 5.02 Å². The van der Waals surface area contributed by atoms with Gasteiger partial charge in [0.1, 0.15) is 12.4 Å². The SMILES string of the molecule is CCNC(=O)CNC(=O)CSc1n[nH]c(COc2ccc(Cl)c(C)c2)n1. The number of aromatic amines is 1. The van der Waals surface area contributed by atoms with Crippen molar-refractivity contribution in [2.45, 2.75) is 25.6 Å². The number of likely N-dealkylation sites (N-methyl/N-ethyl adjacent to an activating group) is 1. The Labute approximate surface area is 160 Å². The average Bonchev–Trinajstić information content (AvgIpc) is 3.07. The minimum atomic E-state index is -0.263. The largest absolute Gasteiger partial charge is 0.486 e. The highest BCUT2D eigenvalue weighted by molar-refractivity contribution is 7.99. The number of carbonyl (C=O) groups is 2. The number of H-pyrrole nitrogens is 1. The lowest BCUT2D eigenvalue weighted by Crippen LogP contribution is -2.37. The Balaban J connectivity index is 1.74. The van der Waals surface area contributed by atoms with Crippen LogP contribution >= 0.6 is 23.4 Å². The minimum Gasteiger partial charge on any atom is -0.486 e. The molecule has 0 saturated heterocycles. The molecule has 0 aliphatic heterocycles. The van der Waals surface area contributed by atoms with E-state index in [0.717, 1.165) is 5.56 Å². The summed E-state index contributed by atoms with van der Waals surface area (Å²) in [5, 5.41) is 13.0. The molecule has 140 valence electrons. The van der Waals surface area contributed by atoms with Crippen LogP contribution in [0, 0.1) is 6.92 Å². The van der Waals surface area contributed by atoms with Crippen molar-refractivity contribution in [1.29, 1.82) is 0 Å². The number of amides is 2. The molecule has 8 nitrogen and oxygen atoms in total. The van der Waals surface area contributed by atoms with Crippen molar-refractivity contribution in [3.05, 3.63) is 34.6 Å². The summed E-state index contributed by atoms with van der Waals surface area (Å²) in [6, 6.07) is 5.39. The number of halogens is 1. The van der Waals surface area contributed by atoms with E-state index in [4.69, 9.17) is 16.3 Å². The van der Waals surface area contributed by atoms with E-state index in [1.165, 1.54) is 11.8 Å². The molecule has 0 fully saturated rings. The highest BCUT2D eigenvalue weighted by Crippen LogP contribution is 2.21. The molecule has 0 aliphatic carbocycles. The standard InChI is InChI=1S/C16H20ClN5O3S/c1-3-18-14(23)7-19-15(24)9-26-16-20-13(21-22-16)8-25-11-4-5-12(17)10(2)6-11/h4-6H,3,7-9H2,1-2H3,(H,18,23)(H,19,24)(H,20,21,22). The molecule has 1 aromatic heterocycles. The van der Waals surface area contributed by atoms with Crippen LogP contribution in [-0.4, -0.2) is 45.8 Å². The molecule has 3 N–H and O–H groups in total. The molecule has 0 bridgehead atoms. The number of aryl methyl sites for hydroxylation is 1. The summed E-state index contributed by atoms with van der Waals surface area (Å²) in [5.74, 6) is 0.861. The molecule has 1 aromatic carbocycles. The maximum atomic E-state index is 11.7. The summed E-state index contributed by atoms with van der Waals surface area (Å²) in [6.07, 6.45) is 0. The van der Waals surface area contributed by atoms with Gasteiger partial charge in [-0.15, -0.1) is 5.10 Å².